The van der Waals surface area contributed by atoms with Crippen molar-refractivity contribution in [1.82, 2.24) is 4.98 Å². The molecule has 0 radical (unpaired) electrons. The van der Waals surface area contributed by atoms with Crippen LogP contribution in [0.3, 0.4) is 0 Å². The summed E-state index contributed by atoms with van der Waals surface area (Å²) in [7, 11) is 1.64. The van der Waals surface area contributed by atoms with Gasteiger partial charge in [0.05, 0.1) is 30.5 Å². The Morgan fingerprint density at radius 3 is 3.06 bits per heavy atom. The number of nitrogens with two attached hydrogens (primary N) is 1. The molecule has 0 atom stereocenters. The predicted molar refractivity (Wildman–Crippen MR) is 66.8 cm³/mol. The highest BCUT2D eigenvalue weighted by molar-refractivity contribution is 7.09. The van der Waals surface area contributed by atoms with Crippen LogP contribution in [0.5, 0.6) is 5.75 Å². The minimum Gasteiger partial charge on any atom is -0.497 e. The second-order valence-electron chi connectivity index (χ2n) is 3.27. The molecular formula is C11H13N3OS. The number of ether oxygens (including phenoxy) is 1. The number of benzene rings is 1. The Labute approximate surface area is 98.1 Å². The molecule has 0 aliphatic rings. The summed E-state index contributed by atoms with van der Waals surface area (Å²) in [4.78, 5) is 5.18. The van der Waals surface area contributed by atoms with Crippen molar-refractivity contribution >= 4 is 22.7 Å². The molecule has 1 aromatic heterocycles. The fraction of sp³-hybridized carbons (Fsp3) is 0.182. The third kappa shape index (κ3) is 2.43. The van der Waals surface area contributed by atoms with Crippen molar-refractivity contribution in [2.75, 3.05) is 18.2 Å². The summed E-state index contributed by atoms with van der Waals surface area (Å²) in [6.45, 7) is 0.724. The van der Waals surface area contributed by atoms with Crippen LogP contribution < -0.4 is 15.8 Å². The lowest BCUT2D eigenvalue weighted by atomic mass is 10.2. The molecule has 0 fully saturated rings. The third-order valence-electron chi connectivity index (χ3n) is 2.20. The number of nitrogen functional groups attached to an aromatic ring is 1. The lowest BCUT2D eigenvalue weighted by molar-refractivity contribution is 0.415. The van der Waals surface area contributed by atoms with Crippen molar-refractivity contribution in [2.45, 2.75) is 6.54 Å². The summed E-state index contributed by atoms with van der Waals surface area (Å²) in [6, 6.07) is 5.55. The van der Waals surface area contributed by atoms with E-state index in [4.69, 9.17) is 10.5 Å². The Kier molecular flexibility index (Phi) is 3.26. The van der Waals surface area contributed by atoms with Crippen LogP contribution >= 0.6 is 11.3 Å². The van der Waals surface area contributed by atoms with E-state index in [9.17, 15) is 0 Å². The van der Waals surface area contributed by atoms with Gasteiger partial charge in [0.15, 0.2) is 0 Å². The first kappa shape index (κ1) is 10.8. The minimum absolute atomic E-state index is 0.713. The molecule has 16 heavy (non-hydrogen) atoms. The average Bonchev–Trinajstić information content (AvgIpc) is 2.81. The number of nitrogens with one attached hydrogen (secondary N) is 1. The standard InChI is InChI=1S/C11H13N3OS/c1-15-8-2-3-10(12)11(4-8)14-6-9-5-13-7-16-9/h2-5,7,14H,6,12H2,1H3. The molecule has 2 rings (SSSR count). The number of thiazole rings is 1. The molecule has 0 aliphatic carbocycles. The normalized spacial score (nSPS) is 10.1. The highest BCUT2D eigenvalue weighted by Crippen LogP contribution is 2.25. The maximum absolute atomic E-state index is 5.85. The zero-order valence-electron chi connectivity index (χ0n) is 8.93. The van der Waals surface area contributed by atoms with Crippen LogP contribution in [-0.4, -0.2) is 12.1 Å². The van der Waals surface area contributed by atoms with E-state index in [0.717, 1.165) is 18.0 Å². The third-order valence-corrected chi connectivity index (χ3v) is 2.98. The minimum atomic E-state index is 0.713. The molecule has 0 spiro atoms. The van der Waals surface area contributed by atoms with Gasteiger partial charge in [-0.25, -0.2) is 0 Å². The fourth-order valence-electron chi connectivity index (χ4n) is 1.33. The van der Waals surface area contributed by atoms with Crippen molar-refractivity contribution < 1.29 is 4.74 Å². The Hall–Kier alpha value is -1.75. The maximum atomic E-state index is 5.85. The molecule has 0 amide bonds. The topological polar surface area (TPSA) is 60.2 Å². The van der Waals surface area contributed by atoms with Gasteiger partial charge in [-0.15, -0.1) is 11.3 Å². The molecule has 0 saturated heterocycles. The lowest BCUT2D eigenvalue weighted by Gasteiger charge is -2.09. The van der Waals surface area contributed by atoms with E-state index in [1.54, 1.807) is 18.4 Å². The highest BCUT2D eigenvalue weighted by atomic mass is 32.1. The number of hydrogen-bond acceptors (Lipinski definition) is 5. The van der Waals surface area contributed by atoms with Gasteiger partial charge >= 0.3 is 0 Å². The van der Waals surface area contributed by atoms with E-state index in [1.165, 1.54) is 4.88 Å². The van der Waals surface area contributed by atoms with E-state index >= 15 is 0 Å². The van der Waals surface area contributed by atoms with E-state index in [1.807, 2.05) is 29.9 Å². The molecule has 5 heteroatoms. The van der Waals surface area contributed by atoms with Crippen LogP contribution in [0.15, 0.2) is 29.9 Å². The van der Waals surface area contributed by atoms with Gasteiger partial charge in [-0.05, 0) is 12.1 Å². The molecule has 1 heterocycles. The van der Waals surface area contributed by atoms with Crippen LogP contribution in [0, 0.1) is 0 Å². The molecule has 0 bridgehead atoms. The van der Waals surface area contributed by atoms with Crippen LogP contribution in [0.25, 0.3) is 0 Å². The number of anilines is 2. The first-order valence-electron chi connectivity index (χ1n) is 4.84. The largest absolute Gasteiger partial charge is 0.497 e. The molecule has 0 unspecified atom stereocenters. The second kappa shape index (κ2) is 4.85. The van der Waals surface area contributed by atoms with Gasteiger partial charge in [0, 0.05) is 17.1 Å². The highest BCUT2D eigenvalue weighted by Gasteiger charge is 2.01. The zero-order valence-corrected chi connectivity index (χ0v) is 9.75. The van der Waals surface area contributed by atoms with Crippen LogP contribution in [0.2, 0.25) is 0 Å². The maximum Gasteiger partial charge on any atom is 0.121 e. The summed E-state index contributed by atoms with van der Waals surface area (Å²) in [5.41, 5.74) is 9.26. The molecular weight excluding hydrogens is 222 g/mol. The molecule has 4 nitrogen and oxygen atoms in total. The number of methoxy groups -OCH3 is 1. The summed E-state index contributed by atoms with van der Waals surface area (Å²) >= 11 is 1.61. The molecule has 2 aromatic rings. The second-order valence-corrected chi connectivity index (χ2v) is 4.25. The number of hydrogen-bond donors (Lipinski definition) is 2. The predicted octanol–water partition coefficient (Wildman–Crippen LogP) is 2.35. The zero-order chi connectivity index (χ0) is 11.4. The van der Waals surface area contributed by atoms with Crippen molar-refractivity contribution in [2.24, 2.45) is 0 Å². The van der Waals surface area contributed by atoms with Crippen LogP contribution in [-0.2, 0) is 6.54 Å². The van der Waals surface area contributed by atoms with Gasteiger partial charge in [-0.1, -0.05) is 0 Å². The first-order valence-corrected chi connectivity index (χ1v) is 5.72. The Balaban J connectivity index is 2.08. The van der Waals surface area contributed by atoms with E-state index in [2.05, 4.69) is 10.3 Å². The van der Waals surface area contributed by atoms with Crippen molar-refractivity contribution in [3.8, 4) is 5.75 Å². The fourth-order valence-corrected chi connectivity index (χ4v) is 1.86. The van der Waals surface area contributed by atoms with Gasteiger partial charge in [0.2, 0.25) is 0 Å². The van der Waals surface area contributed by atoms with Gasteiger partial charge in [0.25, 0.3) is 0 Å². The first-order chi connectivity index (χ1) is 7.79. The number of rotatable bonds is 4. The van der Waals surface area contributed by atoms with Gasteiger partial charge in [-0.2, -0.15) is 0 Å². The quantitative estimate of drug-likeness (QED) is 0.799. The van der Waals surface area contributed by atoms with E-state index in [0.29, 0.717) is 5.69 Å². The number of nitrogens with zero attached hydrogens (tertiary/aromatic N) is 1. The summed E-state index contributed by atoms with van der Waals surface area (Å²) in [6.07, 6.45) is 1.84. The summed E-state index contributed by atoms with van der Waals surface area (Å²) < 4.78 is 5.14. The molecule has 1 aromatic carbocycles. The Bertz CT molecular complexity index is 456. The van der Waals surface area contributed by atoms with Crippen molar-refractivity contribution in [3.63, 3.8) is 0 Å². The average molecular weight is 235 g/mol. The van der Waals surface area contributed by atoms with E-state index < -0.39 is 0 Å². The smallest absolute Gasteiger partial charge is 0.121 e. The lowest BCUT2D eigenvalue weighted by Crippen LogP contribution is -2.01. The molecule has 3 N–H and O–H groups in total. The Morgan fingerprint density at radius 2 is 2.38 bits per heavy atom. The van der Waals surface area contributed by atoms with Gasteiger partial charge < -0.3 is 15.8 Å². The van der Waals surface area contributed by atoms with Gasteiger partial charge in [0.1, 0.15) is 5.75 Å². The molecule has 84 valence electrons. The SMILES string of the molecule is COc1ccc(N)c(NCc2cncs2)c1. The van der Waals surface area contributed by atoms with Crippen LogP contribution in [0.4, 0.5) is 11.4 Å². The summed E-state index contributed by atoms with van der Waals surface area (Å²) in [5, 5.41) is 3.26. The molecule has 0 saturated carbocycles. The molecule has 0 aliphatic heterocycles. The van der Waals surface area contributed by atoms with Crippen molar-refractivity contribution in [1.29, 1.82) is 0 Å². The van der Waals surface area contributed by atoms with Crippen LogP contribution in [0.1, 0.15) is 4.88 Å². The Morgan fingerprint density at radius 1 is 1.50 bits per heavy atom. The number of aromatic nitrogens is 1. The van der Waals surface area contributed by atoms with Gasteiger partial charge in [-0.3, -0.25) is 4.98 Å². The monoisotopic (exact) mass is 235 g/mol. The van der Waals surface area contributed by atoms with E-state index in [-0.39, 0.29) is 0 Å². The van der Waals surface area contributed by atoms with Crippen molar-refractivity contribution in [3.05, 3.63) is 34.8 Å². The summed E-state index contributed by atoms with van der Waals surface area (Å²) in [5.74, 6) is 0.793.